The third kappa shape index (κ3) is 15.4. The van der Waals surface area contributed by atoms with Gasteiger partial charge in [0.25, 0.3) is 0 Å². The van der Waals surface area contributed by atoms with Crippen molar-refractivity contribution in [3.8, 4) is 0 Å². The summed E-state index contributed by atoms with van der Waals surface area (Å²) in [6, 6.07) is 0. The second kappa shape index (κ2) is 14.0. The Morgan fingerprint density at radius 3 is 1.86 bits per heavy atom. The zero-order chi connectivity index (χ0) is 9.94. The van der Waals surface area contributed by atoms with Crippen LogP contribution >= 0.6 is 0 Å². The van der Waals surface area contributed by atoms with Gasteiger partial charge in [0.1, 0.15) is 0 Å². The molecule has 0 aromatic heterocycles. The van der Waals surface area contributed by atoms with E-state index in [-0.39, 0.29) is 48.3 Å². The second-order valence-corrected chi connectivity index (χ2v) is 3.62. The molecule has 0 aliphatic carbocycles. The van der Waals surface area contributed by atoms with Gasteiger partial charge in [-0.2, -0.15) is 0 Å². The number of rotatable bonds is 9. The summed E-state index contributed by atoms with van der Waals surface area (Å²) in [4.78, 5) is 10.2. The van der Waals surface area contributed by atoms with Gasteiger partial charge in [-0.3, -0.25) is 4.79 Å². The summed E-state index contributed by atoms with van der Waals surface area (Å²) in [5.41, 5.74) is 0. The molecule has 3 heteroatoms. The molecule has 0 rings (SSSR count). The minimum atomic E-state index is -0.661. The predicted molar refractivity (Wildman–Crippen MR) is 62.8 cm³/mol. The Morgan fingerprint density at radius 2 is 1.43 bits per heavy atom. The van der Waals surface area contributed by atoms with Gasteiger partial charge in [-0.05, 0) is 6.42 Å². The van der Waals surface area contributed by atoms with Gasteiger partial charge in [-0.25, -0.2) is 0 Å². The van der Waals surface area contributed by atoms with Gasteiger partial charge in [0.2, 0.25) is 0 Å². The fraction of sp³-hybridized carbons (Fsp3) is 0.909. The molecule has 1 N–H and O–H groups in total. The molecule has 0 fully saturated rings. The Balaban J connectivity index is -0.000000240. The molecule has 0 bridgehead atoms. The topological polar surface area (TPSA) is 37.3 Å². The first-order valence-corrected chi connectivity index (χ1v) is 5.49. The van der Waals surface area contributed by atoms with Gasteiger partial charge in [0, 0.05) is 6.42 Å². The standard InChI is InChI=1S/C11H22O2.Sr.2H/c1-2-3-4-5-6-7-8-9-10-11(12)13;;;/h2-10H2,1H3,(H,12,13);;;/q;+2;2*-1. The maximum absolute atomic E-state index is 10.2. The quantitative estimate of drug-likeness (QED) is 0.517. The fourth-order valence-electron chi connectivity index (χ4n) is 1.41. The van der Waals surface area contributed by atoms with Crippen molar-refractivity contribution in [1.29, 1.82) is 0 Å². The van der Waals surface area contributed by atoms with Crippen LogP contribution in [-0.2, 0) is 4.79 Å². The average Bonchev–Trinajstić information content (AvgIpc) is 2.09. The Bertz CT molecular complexity index is 135. The van der Waals surface area contributed by atoms with Crippen molar-refractivity contribution in [1.82, 2.24) is 0 Å². The van der Waals surface area contributed by atoms with Crippen LogP contribution in [0.15, 0.2) is 0 Å². The maximum atomic E-state index is 10.2. The second-order valence-electron chi connectivity index (χ2n) is 3.62. The summed E-state index contributed by atoms with van der Waals surface area (Å²) in [5, 5.41) is 8.39. The predicted octanol–water partition coefficient (Wildman–Crippen LogP) is 3.45. The van der Waals surface area contributed by atoms with Gasteiger partial charge >= 0.3 is 51.5 Å². The number of hydrogen-bond donors (Lipinski definition) is 1. The van der Waals surface area contributed by atoms with E-state index in [0.717, 1.165) is 12.8 Å². The van der Waals surface area contributed by atoms with Crippen molar-refractivity contribution in [3.63, 3.8) is 0 Å². The molecule has 0 aliphatic rings. The van der Waals surface area contributed by atoms with Crippen LogP contribution in [0.5, 0.6) is 0 Å². The third-order valence-electron chi connectivity index (χ3n) is 2.24. The molecule has 0 aromatic carbocycles. The van der Waals surface area contributed by atoms with E-state index >= 15 is 0 Å². The third-order valence-corrected chi connectivity index (χ3v) is 2.24. The summed E-state index contributed by atoms with van der Waals surface area (Å²) in [6.45, 7) is 2.22. The van der Waals surface area contributed by atoms with Crippen molar-refractivity contribution < 1.29 is 12.8 Å². The molecular weight excluding hydrogens is 252 g/mol. The summed E-state index contributed by atoms with van der Waals surface area (Å²) in [7, 11) is 0. The van der Waals surface area contributed by atoms with Crippen LogP contribution in [0.25, 0.3) is 0 Å². The van der Waals surface area contributed by atoms with E-state index < -0.39 is 5.97 Å². The normalized spacial score (nSPS) is 9.50. The Morgan fingerprint density at radius 1 is 1.00 bits per heavy atom. The van der Waals surface area contributed by atoms with Crippen LogP contribution in [0, 0.1) is 0 Å². The first-order valence-electron chi connectivity index (χ1n) is 5.49. The number of unbranched alkanes of at least 4 members (excludes halogenated alkanes) is 7. The molecule has 0 saturated heterocycles. The molecule has 0 amide bonds. The molecule has 82 valence electrons. The average molecular weight is 276 g/mol. The van der Waals surface area contributed by atoms with Crippen molar-refractivity contribution in [2.75, 3.05) is 0 Å². The Hall–Kier alpha value is 0.951. The van der Waals surface area contributed by atoms with Crippen LogP contribution < -0.4 is 0 Å². The summed E-state index contributed by atoms with van der Waals surface area (Å²) >= 11 is 0. The van der Waals surface area contributed by atoms with Crippen LogP contribution in [0.1, 0.15) is 67.6 Å². The van der Waals surface area contributed by atoms with Crippen LogP contribution in [0.4, 0.5) is 0 Å². The van der Waals surface area contributed by atoms with Crippen molar-refractivity contribution in [2.45, 2.75) is 64.7 Å². The molecule has 0 heterocycles. The van der Waals surface area contributed by atoms with E-state index in [1.54, 1.807) is 0 Å². The van der Waals surface area contributed by atoms with Crippen molar-refractivity contribution in [3.05, 3.63) is 0 Å². The summed E-state index contributed by atoms with van der Waals surface area (Å²) < 4.78 is 0. The fourth-order valence-corrected chi connectivity index (χ4v) is 1.41. The van der Waals surface area contributed by atoms with Gasteiger partial charge in [0.15, 0.2) is 0 Å². The summed E-state index contributed by atoms with van der Waals surface area (Å²) in [5.74, 6) is -0.661. The van der Waals surface area contributed by atoms with Gasteiger partial charge in [-0.15, -0.1) is 0 Å². The van der Waals surface area contributed by atoms with E-state index in [1.165, 1.54) is 38.5 Å². The van der Waals surface area contributed by atoms with E-state index in [1.807, 2.05) is 0 Å². The van der Waals surface area contributed by atoms with E-state index in [2.05, 4.69) is 6.92 Å². The zero-order valence-electron chi connectivity index (χ0n) is 11.4. The van der Waals surface area contributed by atoms with Crippen LogP contribution in [-0.4, -0.2) is 56.6 Å². The molecule has 0 spiro atoms. The Kier molecular flexibility index (Phi) is 17.3. The maximum Gasteiger partial charge on any atom is 2.00 e. The largest absolute Gasteiger partial charge is 2.00 e. The molecule has 14 heavy (non-hydrogen) atoms. The van der Waals surface area contributed by atoms with Gasteiger partial charge < -0.3 is 7.96 Å². The Labute approximate surface area is 128 Å². The molecule has 0 aliphatic heterocycles. The van der Waals surface area contributed by atoms with Crippen molar-refractivity contribution in [2.24, 2.45) is 0 Å². The monoisotopic (exact) mass is 276 g/mol. The molecule has 0 radical (unpaired) electrons. The molecule has 0 aromatic rings. The van der Waals surface area contributed by atoms with Crippen LogP contribution in [0.2, 0.25) is 0 Å². The molecule has 2 nitrogen and oxygen atoms in total. The molecule has 0 unspecified atom stereocenters. The molecular formula is C11H24O2Sr. The van der Waals surface area contributed by atoms with E-state index in [9.17, 15) is 4.79 Å². The van der Waals surface area contributed by atoms with Crippen LogP contribution in [0.3, 0.4) is 0 Å². The summed E-state index contributed by atoms with van der Waals surface area (Å²) in [6.07, 6.45) is 10.1. The number of hydrogen-bond acceptors (Lipinski definition) is 1. The van der Waals surface area contributed by atoms with Gasteiger partial charge in [-0.1, -0.05) is 51.9 Å². The molecule has 0 saturated carbocycles. The van der Waals surface area contributed by atoms with E-state index in [0.29, 0.717) is 6.42 Å². The molecule has 0 atom stereocenters. The minimum absolute atomic E-state index is 0. The number of aliphatic carboxylic acids is 1. The van der Waals surface area contributed by atoms with Gasteiger partial charge in [0.05, 0.1) is 0 Å². The number of carbonyl (C=O) groups is 1. The first-order chi connectivity index (χ1) is 6.27. The zero-order valence-corrected chi connectivity index (χ0v) is 12.9. The minimum Gasteiger partial charge on any atom is -1.00 e. The first kappa shape index (κ1) is 17.3. The SMILES string of the molecule is CCCCCCCCCCC(=O)O.[H-].[H-].[Sr+2]. The van der Waals surface area contributed by atoms with E-state index in [4.69, 9.17) is 5.11 Å². The number of carboxylic acids is 1. The van der Waals surface area contributed by atoms with Crippen molar-refractivity contribution >= 4 is 51.5 Å². The smallest absolute Gasteiger partial charge is 1.00 e. The number of carboxylic acid groups (broad SMARTS) is 1.